The van der Waals surface area contributed by atoms with Crippen molar-refractivity contribution in [3.8, 4) is 0 Å². The number of aryl methyl sites for hydroxylation is 1. The molecule has 0 radical (unpaired) electrons. The van der Waals surface area contributed by atoms with Crippen molar-refractivity contribution in [1.82, 2.24) is 4.98 Å². The fourth-order valence-corrected chi connectivity index (χ4v) is 4.18. The van der Waals surface area contributed by atoms with Gasteiger partial charge in [-0.15, -0.1) is 0 Å². The van der Waals surface area contributed by atoms with E-state index in [0.717, 1.165) is 21.4 Å². The number of aromatic nitrogens is 1. The summed E-state index contributed by atoms with van der Waals surface area (Å²) in [5.41, 5.74) is 1.95. The molecule has 4 nitrogen and oxygen atoms in total. The number of halogens is 2. The Kier molecular flexibility index (Phi) is 4.61. The van der Waals surface area contributed by atoms with Crippen molar-refractivity contribution in [3.05, 3.63) is 66.0 Å². The lowest BCUT2D eigenvalue weighted by Gasteiger charge is -2.07. The first-order valence-corrected chi connectivity index (χ1v) is 9.03. The van der Waals surface area contributed by atoms with Gasteiger partial charge >= 0.3 is 0 Å². The van der Waals surface area contributed by atoms with Gasteiger partial charge in [-0.25, -0.2) is 4.98 Å². The lowest BCUT2D eigenvalue weighted by atomic mass is 10.1. The minimum atomic E-state index is -0.279. The standard InChI is InChI=1S/C16H10Br2N2O2S/c1-8-4-2-3-5-10(8)14(21)20-16-19-13-11(15(22)23-16)6-9(17)7-12(13)18/h2-7H,1H3,(H,19,20,21). The Morgan fingerprint density at radius 1 is 1.22 bits per heavy atom. The van der Waals surface area contributed by atoms with Gasteiger partial charge in [0.15, 0.2) is 5.13 Å². The van der Waals surface area contributed by atoms with Crippen LogP contribution in [-0.2, 0) is 0 Å². The fourth-order valence-electron chi connectivity index (χ4n) is 2.15. The van der Waals surface area contributed by atoms with Crippen LogP contribution >= 0.6 is 43.2 Å². The Morgan fingerprint density at radius 3 is 2.70 bits per heavy atom. The number of anilines is 1. The number of nitrogens with zero attached hydrogens (tertiary/aromatic N) is 1. The Balaban J connectivity index is 2.03. The van der Waals surface area contributed by atoms with Crippen molar-refractivity contribution in [1.29, 1.82) is 0 Å². The molecule has 1 amide bonds. The van der Waals surface area contributed by atoms with Crippen LogP contribution in [-0.4, -0.2) is 10.9 Å². The number of fused-ring (bicyclic) bond motifs is 1. The van der Waals surface area contributed by atoms with Crippen LogP contribution in [0.25, 0.3) is 10.9 Å². The second kappa shape index (κ2) is 6.51. The summed E-state index contributed by atoms with van der Waals surface area (Å²) in [6, 6.07) is 10.8. The molecular formula is C16H10Br2N2O2S. The fraction of sp³-hybridized carbons (Fsp3) is 0.0625. The Hall–Kier alpha value is -1.57. The molecule has 3 aromatic rings. The molecule has 0 aliphatic rings. The van der Waals surface area contributed by atoms with E-state index in [9.17, 15) is 9.59 Å². The zero-order valence-corrected chi connectivity index (χ0v) is 15.9. The van der Waals surface area contributed by atoms with E-state index in [4.69, 9.17) is 0 Å². The maximum Gasteiger partial charge on any atom is 0.257 e. The molecule has 0 bridgehead atoms. The van der Waals surface area contributed by atoms with E-state index < -0.39 is 0 Å². The Morgan fingerprint density at radius 2 is 1.96 bits per heavy atom. The molecule has 0 spiro atoms. The molecule has 2 aromatic carbocycles. The van der Waals surface area contributed by atoms with Crippen LogP contribution in [0.15, 0.2) is 50.1 Å². The summed E-state index contributed by atoms with van der Waals surface area (Å²) in [7, 11) is 0. The van der Waals surface area contributed by atoms with E-state index in [-0.39, 0.29) is 15.8 Å². The number of carbonyl (C=O) groups is 1. The van der Waals surface area contributed by atoms with Crippen LogP contribution in [0.3, 0.4) is 0 Å². The molecule has 1 aromatic heterocycles. The molecule has 0 aliphatic carbocycles. The van der Waals surface area contributed by atoms with Gasteiger partial charge in [-0.2, -0.15) is 0 Å². The van der Waals surface area contributed by atoms with E-state index in [1.165, 1.54) is 0 Å². The predicted octanol–water partition coefficient (Wildman–Crippen LogP) is 4.74. The number of rotatable bonds is 2. The molecule has 0 aliphatic heterocycles. The molecule has 7 heteroatoms. The highest BCUT2D eigenvalue weighted by atomic mass is 79.9. The van der Waals surface area contributed by atoms with E-state index in [2.05, 4.69) is 42.2 Å². The third kappa shape index (κ3) is 3.36. The summed E-state index contributed by atoms with van der Waals surface area (Å²) < 4.78 is 1.33. The minimum Gasteiger partial charge on any atom is -0.298 e. The molecular weight excluding hydrogens is 444 g/mol. The van der Waals surface area contributed by atoms with Crippen LogP contribution in [0, 0.1) is 6.92 Å². The predicted molar refractivity (Wildman–Crippen MR) is 100 cm³/mol. The number of hydrogen-bond acceptors (Lipinski definition) is 4. The van der Waals surface area contributed by atoms with Crippen molar-refractivity contribution >= 4 is 65.1 Å². The van der Waals surface area contributed by atoms with Gasteiger partial charge in [0.2, 0.25) is 4.74 Å². The normalized spacial score (nSPS) is 10.7. The summed E-state index contributed by atoms with van der Waals surface area (Å²) in [4.78, 5) is 29.0. The zero-order valence-electron chi connectivity index (χ0n) is 11.9. The number of benzene rings is 2. The molecule has 0 fully saturated rings. The third-order valence-corrected chi connectivity index (χ3v) is 5.12. The van der Waals surface area contributed by atoms with Gasteiger partial charge in [0, 0.05) is 14.5 Å². The van der Waals surface area contributed by atoms with Crippen LogP contribution in [0.4, 0.5) is 5.13 Å². The SMILES string of the molecule is Cc1ccccc1C(=O)Nc1nc2c(Br)cc(Br)cc2c(=O)s1. The molecule has 1 heterocycles. The average Bonchev–Trinajstić information content (AvgIpc) is 2.49. The maximum absolute atomic E-state index is 12.4. The first-order chi connectivity index (χ1) is 11.0. The molecule has 3 rings (SSSR count). The highest BCUT2D eigenvalue weighted by Crippen LogP contribution is 2.27. The first-order valence-electron chi connectivity index (χ1n) is 6.62. The third-order valence-electron chi connectivity index (χ3n) is 3.26. The summed E-state index contributed by atoms with van der Waals surface area (Å²) in [5.74, 6) is -0.279. The molecule has 1 N–H and O–H groups in total. The summed E-state index contributed by atoms with van der Waals surface area (Å²) in [5, 5.41) is 3.49. The van der Waals surface area contributed by atoms with E-state index in [1.807, 2.05) is 25.1 Å². The van der Waals surface area contributed by atoms with Crippen molar-refractivity contribution in [3.63, 3.8) is 0 Å². The van der Waals surface area contributed by atoms with Crippen LogP contribution in [0.2, 0.25) is 0 Å². The topological polar surface area (TPSA) is 59.1 Å². The van der Waals surface area contributed by atoms with Crippen LogP contribution in [0.5, 0.6) is 0 Å². The second-order valence-electron chi connectivity index (χ2n) is 4.86. The van der Waals surface area contributed by atoms with Crippen molar-refractivity contribution in [2.45, 2.75) is 6.92 Å². The maximum atomic E-state index is 12.4. The van der Waals surface area contributed by atoms with Crippen LogP contribution < -0.4 is 10.1 Å². The van der Waals surface area contributed by atoms with Gasteiger partial charge in [-0.1, -0.05) is 45.5 Å². The van der Waals surface area contributed by atoms with Crippen molar-refractivity contribution < 1.29 is 4.79 Å². The number of amides is 1. The van der Waals surface area contributed by atoms with Gasteiger partial charge in [-0.3, -0.25) is 14.9 Å². The Labute approximate surface area is 152 Å². The van der Waals surface area contributed by atoms with E-state index >= 15 is 0 Å². The lowest BCUT2D eigenvalue weighted by Crippen LogP contribution is -2.15. The minimum absolute atomic E-state index is 0.155. The molecule has 0 saturated heterocycles. The second-order valence-corrected chi connectivity index (χ2v) is 7.59. The van der Waals surface area contributed by atoms with Gasteiger partial charge in [0.05, 0.1) is 10.9 Å². The lowest BCUT2D eigenvalue weighted by molar-refractivity contribution is 0.102. The quantitative estimate of drug-likeness (QED) is 0.609. The van der Waals surface area contributed by atoms with Gasteiger partial charge < -0.3 is 0 Å². The number of carbonyl (C=O) groups excluding carboxylic acids is 1. The molecule has 0 atom stereocenters. The highest BCUT2D eigenvalue weighted by Gasteiger charge is 2.13. The van der Waals surface area contributed by atoms with Crippen molar-refractivity contribution in [2.24, 2.45) is 0 Å². The highest BCUT2D eigenvalue weighted by molar-refractivity contribution is 9.11. The number of nitrogens with one attached hydrogen (secondary N) is 1. The van der Waals surface area contributed by atoms with Crippen molar-refractivity contribution in [2.75, 3.05) is 5.32 Å². The van der Waals surface area contributed by atoms with Gasteiger partial charge in [-0.05, 0) is 46.6 Å². The molecule has 0 saturated carbocycles. The molecule has 23 heavy (non-hydrogen) atoms. The summed E-state index contributed by atoms with van der Waals surface area (Å²) in [6.45, 7) is 1.86. The van der Waals surface area contributed by atoms with Gasteiger partial charge in [0.25, 0.3) is 5.91 Å². The van der Waals surface area contributed by atoms with Gasteiger partial charge in [0.1, 0.15) is 0 Å². The summed E-state index contributed by atoms with van der Waals surface area (Å²) in [6.07, 6.45) is 0. The largest absolute Gasteiger partial charge is 0.298 e. The Bertz CT molecular complexity index is 985. The van der Waals surface area contributed by atoms with Crippen LogP contribution in [0.1, 0.15) is 15.9 Å². The zero-order chi connectivity index (χ0) is 16.6. The molecule has 116 valence electrons. The number of hydrogen-bond donors (Lipinski definition) is 1. The van der Waals surface area contributed by atoms with E-state index in [1.54, 1.807) is 18.2 Å². The monoisotopic (exact) mass is 452 g/mol. The first kappa shape index (κ1) is 16.3. The smallest absolute Gasteiger partial charge is 0.257 e. The molecule has 0 unspecified atom stereocenters. The van der Waals surface area contributed by atoms with E-state index in [0.29, 0.717) is 20.9 Å². The average molecular weight is 454 g/mol. The summed E-state index contributed by atoms with van der Waals surface area (Å²) >= 11 is 7.67.